The summed E-state index contributed by atoms with van der Waals surface area (Å²) in [6, 6.07) is 9.98. The molecule has 3 rings (SSSR count). The third kappa shape index (κ3) is 4.43. The number of carbonyl (C=O) groups is 2. The van der Waals surface area contributed by atoms with Gasteiger partial charge in [0.25, 0.3) is 5.91 Å². The van der Waals surface area contributed by atoms with Crippen LogP contribution in [-0.2, 0) is 14.3 Å². The Morgan fingerprint density at radius 2 is 2.00 bits per heavy atom. The molecular weight excluding hydrogens is 358 g/mol. The number of ether oxygens (including phenoxy) is 1. The fourth-order valence-electron chi connectivity index (χ4n) is 1.98. The van der Waals surface area contributed by atoms with Crippen molar-refractivity contribution in [3.8, 4) is 11.1 Å². The zero-order valence-electron chi connectivity index (χ0n) is 13.1. The molecule has 1 fully saturated rings. The lowest BCUT2D eigenvalue weighted by atomic mass is 10.1. The van der Waals surface area contributed by atoms with Crippen molar-refractivity contribution < 1.29 is 14.3 Å². The van der Waals surface area contributed by atoms with E-state index in [0.717, 1.165) is 29.0 Å². The molecule has 1 aromatic carbocycles. The van der Waals surface area contributed by atoms with Gasteiger partial charge in [-0.1, -0.05) is 24.3 Å². The molecule has 1 aliphatic heterocycles. The van der Waals surface area contributed by atoms with Gasteiger partial charge in [0.1, 0.15) is 0 Å². The van der Waals surface area contributed by atoms with Gasteiger partial charge in [0.05, 0.1) is 18.2 Å². The summed E-state index contributed by atoms with van der Waals surface area (Å²) in [5.74, 6) is -0.988. The number of thioether (sulfide) groups is 1. The third-order valence-corrected chi connectivity index (χ3v) is 4.81. The molecule has 0 bridgehead atoms. The molecule has 0 unspecified atom stereocenters. The Labute approximate surface area is 152 Å². The summed E-state index contributed by atoms with van der Waals surface area (Å²) in [7, 11) is 1.25. The van der Waals surface area contributed by atoms with E-state index in [2.05, 4.69) is 31.7 Å². The number of amidine groups is 1. The molecule has 1 aliphatic rings. The summed E-state index contributed by atoms with van der Waals surface area (Å²) in [4.78, 5) is 23.1. The van der Waals surface area contributed by atoms with Crippen molar-refractivity contribution in [1.29, 1.82) is 0 Å². The first-order chi connectivity index (χ1) is 12.2. The van der Waals surface area contributed by atoms with E-state index in [-0.39, 0.29) is 4.91 Å². The number of methoxy groups -OCH3 is 1. The highest BCUT2D eigenvalue weighted by Crippen LogP contribution is 2.24. The molecule has 0 spiro atoms. The summed E-state index contributed by atoms with van der Waals surface area (Å²) in [6.45, 7) is 0. The SMILES string of the molecule is COC(=O)/C=C1/S/C(=N\N=Cc2ccc(-c3ccsc3)cc2)NC1=O. The predicted octanol–water partition coefficient (Wildman–Crippen LogP) is 3.02. The second-order valence-corrected chi connectivity index (χ2v) is 6.68. The van der Waals surface area contributed by atoms with Crippen LogP contribution >= 0.6 is 23.1 Å². The number of nitrogens with one attached hydrogen (secondary N) is 1. The van der Waals surface area contributed by atoms with Gasteiger partial charge in [0, 0.05) is 6.08 Å². The number of hydrogen-bond acceptors (Lipinski definition) is 7. The average Bonchev–Trinajstić information content (AvgIpc) is 3.26. The van der Waals surface area contributed by atoms with Crippen LogP contribution in [0.3, 0.4) is 0 Å². The minimum atomic E-state index is -0.590. The lowest BCUT2D eigenvalue weighted by Crippen LogP contribution is -2.19. The van der Waals surface area contributed by atoms with Gasteiger partial charge >= 0.3 is 5.97 Å². The quantitative estimate of drug-likeness (QED) is 0.388. The number of carbonyl (C=O) groups excluding carboxylic acids is 2. The molecule has 1 saturated heterocycles. The van der Waals surface area contributed by atoms with Gasteiger partial charge in [0.15, 0.2) is 5.17 Å². The van der Waals surface area contributed by atoms with Crippen molar-refractivity contribution in [2.24, 2.45) is 10.2 Å². The van der Waals surface area contributed by atoms with Crippen molar-refractivity contribution in [2.75, 3.05) is 7.11 Å². The number of rotatable bonds is 4. The van der Waals surface area contributed by atoms with Gasteiger partial charge in [0.2, 0.25) is 0 Å². The molecule has 1 amide bonds. The highest BCUT2D eigenvalue weighted by atomic mass is 32.2. The number of hydrogen-bond donors (Lipinski definition) is 1. The van der Waals surface area contributed by atoms with Crippen LogP contribution in [0.5, 0.6) is 0 Å². The monoisotopic (exact) mass is 371 g/mol. The van der Waals surface area contributed by atoms with Crippen LogP contribution in [0.4, 0.5) is 0 Å². The summed E-state index contributed by atoms with van der Waals surface area (Å²) >= 11 is 2.69. The van der Waals surface area contributed by atoms with E-state index in [0.29, 0.717) is 5.17 Å². The second-order valence-electron chi connectivity index (χ2n) is 4.87. The van der Waals surface area contributed by atoms with Gasteiger partial charge in [-0.3, -0.25) is 10.1 Å². The van der Waals surface area contributed by atoms with Crippen LogP contribution < -0.4 is 5.32 Å². The molecular formula is C17H13N3O3S2. The molecule has 0 radical (unpaired) electrons. The number of thiophene rings is 1. The normalized spacial score (nSPS) is 17.4. The molecule has 0 atom stereocenters. The number of amides is 1. The van der Waals surface area contributed by atoms with Crippen LogP contribution in [0.25, 0.3) is 11.1 Å². The fourth-order valence-corrected chi connectivity index (χ4v) is 3.38. The standard InChI is InChI=1S/C17H13N3O3S2/c1-23-15(21)8-14-16(22)19-17(25-14)20-18-9-11-2-4-12(5-3-11)13-6-7-24-10-13/h2-10H,1H3,(H,19,20,22)/b14-8+,18-9?. The zero-order valence-corrected chi connectivity index (χ0v) is 14.8. The Hall–Kier alpha value is -2.71. The molecule has 2 heterocycles. The molecule has 6 nitrogen and oxygen atoms in total. The van der Waals surface area contributed by atoms with Gasteiger partial charge in [-0.25, -0.2) is 4.79 Å². The lowest BCUT2D eigenvalue weighted by molar-refractivity contribution is -0.135. The highest BCUT2D eigenvalue weighted by Gasteiger charge is 2.24. The Balaban J connectivity index is 1.65. The number of nitrogens with zero attached hydrogens (tertiary/aromatic N) is 2. The van der Waals surface area contributed by atoms with E-state index >= 15 is 0 Å². The summed E-state index contributed by atoms with van der Waals surface area (Å²) in [5.41, 5.74) is 3.22. The van der Waals surface area contributed by atoms with Crippen LogP contribution in [0.2, 0.25) is 0 Å². The highest BCUT2D eigenvalue weighted by molar-refractivity contribution is 8.18. The molecule has 2 aromatic rings. The maximum Gasteiger partial charge on any atom is 0.331 e. The first-order valence-electron chi connectivity index (χ1n) is 7.18. The first kappa shape index (κ1) is 17.1. The average molecular weight is 371 g/mol. The van der Waals surface area contributed by atoms with E-state index in [1.54, 1.807) is 17.6 Å². The first-order valence-corrected chi connectivity index (χ1v) is 8.94. The lowest BCUT2D eigenvalue weighted by Gasteiger charge is -1.98. The van der Waals surface area contributed by atoms with Crippen LogP contribution in [0.15, 0.2) is 62.3 Å². The number of esters is 1. The van der Waals surface area contributed by atoms with Gasteiger partial charge < -0.3 is 4.74 Å². The van der Waals surface area contributed by atoms with Gasteiger partial charge in [-0.2, -0.15) is 16.4 Å². The molecule has 1 aromatic heterocycles. The Bertz CT molecular complexity index is 869. The summed E-state index contributed by atoms with van der Waals surface area (Å²) in [6.07, 6.45) is 2.72. The maximum absolute atomic E-state index is 11.7. The topological polar surface area (TPSA) is 80.1 Å². The van der Waals surface area contributed by atoms with E-state index in [4.69, 9.17) is 0 Å². The zero-order chi connectivity index (χ0) is 17.6. The second kappa shape index (κ2) is 7.91. The maximum atomic E-state index is 11.7. The molecule has 0 aliphatic carbocycles. The molecule has 8 heteroatoms. The minimum Gasteiger partial charge on any atom is -0.466 e. The van der Waals surface area contributed by atoms with Gasteiger partial charge in [-0.15, -0.1) is 5.10 Å². The van der Waals surface area contributed by atoms with Crippen molar-refractivity contribution in [1.82, 2.24) is 5.32 Å². The van der Waals surface area contributed by atoms with Crippen molar-refractivity contribution >= 4 is 46.4 Å². The fraction of sp³-hybridized carbons (Fsp3) is 0.0588. The van der Waals surface area contributed by atoms with Crippen LogP contribution in [0.1, 0.15) is 5.56 Å². The minimum absolute atomic E-state index is 0.223. The Morgan fingerprint density at radius 3 is 2.68 bits per heavy atom. The van der Waals surface area contributed by atoms with E-state index in [1.165, 1.54) is 12.7 Å². The molecule has 0 saturated carbocycles. The third-order valence-electron chi connectivity index (χ3n) is 3.22. The van der Waals surface area contributed by atoms with E-state index < -0.39 is 11.9 Å². The van der Waals surface area contributed by atoms with Gasteiger partial charge in [-0.05, 0) is 45.3 Å². The smallest absolute Gasteiger partial charge is 0.331 e. The van der Waals surface area contributed by atoms with Crippen molar-refractivity contribution in [2.45, 2.75) is 0 Å². The van der Waals surface area contributed by atoms with Crippen LogP contribution in [-0.4, -0.2) is 30.4 Å². The number of benzene rings is 1. The van der Waals surface area contributed by atoms with E-state index in [9.17, 15) is 9.59 Å². The summed E-state index contributed by atoms with van der Waals surface area (Å²) < 4.78 is 4.49. The molecule has 126 valence electrons. The molecule has 25 heavy (non-hydrogen) atoms. The summed E-state index contributed by atoms with van der Waals surface area (Å²) in [5, 5.41) is 14.9. The van der Waals surface area contributed by atoms with E-state index in [1.807, 2.05) is 29.6 Å². The van der Waals surface area contributed by atoms with Crippen LogP contribution in [0, 0.1) is 0 Å². The van der Waals surface area contributed by atoms with Crippen molar-refractivity contribution in [3.63, 3.8) is 0 Å². The molecule has 1 N–H and O–H groups in total. The van der Waals surface area contributed by atoms with Crippen molar-refractivity contribution in [3.05, 3.63) is 57.6 Å². The Kier molecular flexibility index (Phi) is 5.42. The Morgan fingerprint density at radius 1 is 1.20 bits per heavy atom. The largest absolute Gasteiger partial charge is 0.466 e. The predicted molar refractivity (Wildman–Crippen MR) is 101 cm³/mol.